The molecule has 0 bridgehead atoms. The van der Waals surface area contributed by atoms with E-state index >= 15 is 0 Å². The maximum atomic E-state index is 9.21. The summed E-state index contributed by atoms with van der Waals surface area (Å²) in [4.78, 5) is 6.75. The molecule has 2 rings (SSSR count). The van der Waals surface area contributed by atoms with Gasteiger partial charge in [0.15, 0.2) is 5.13 Å². The Morgan fingerprint density at radius 3 is 2.87 bits per heavy atom. The first kappa shape index (κ1) is 10.9. The summed E-state index contributed by atoms with van der Waals surface area (Å²) in [5.74, 6) is 0.652. The lowest BCUT2D eigenvalue weighted by atomic mass is 9.82. The van der Waals surface area contributed by atoms with E-state index in [1.807, 2.05) is 0 Å². The number of anilines is 1. The van der Waals surface area contributed by atoms with Crippen LogP contribution in [0.4, 0.5) is 5.13 Å². The largest absolute Gasteiger partial charge is 0.393 e. The summed E-state index contributed by atoms with van der Waals surface area (Å²) >= 11 is 1.71. The van der Waals surface area contributed by atoms with Gasteiger partial charge in [0.25, 0.3) is 0 Å². The van der Waals surface area contributed by atoms with Crippen molar-refractivity contribution in [2.45, 2.75) is 32.3 Å². The van der Waals surface area contributed by atoms with Crippen molar-refractivity contribution in [3.63, 3.8) is 0 Å². The molecule has 84 valence electrons. The van der Waals surface area contributed by atoms with Crippen LogP contribution in [0, 0.1) is 5.92 Å². The number of rotatable bonds is 4. The van der Waals surface area contributed by atoms with Crippen molar-refractivity contribution in [2.75, 3.05) is 18.5 Å². The molecule has 0 radical (unpaired) electrons. The van der Waals surface area contributed by atoms with Gasteiger partial charge in [-0.3, -0.25) is 0 Å². The van der Waals surface area contributed by atoms with Gasteiger partial charge in [-0.25, -0.2) is 4.98 Å². The number of thiazole rings is 1. The minimum atomic E-state index is -0.0501. The van der Waals surface area contributed by atoms with Gasteiger partial charge < -0.3 is 10.0 Å². The number of nitrogens with zero attached hydrogens (tertiary/aromatic N) is 2. The van der Waals surface area contributed by atoms with Gasteiger partial charge in [0.05, 0.1) is 11.8 Å². The second-order valence-corrected chi connectivity index (χ2v) is 5.18. The van der Waals surface area contributed by atoms with Gasteiger partial charge in [-0.2, -0.15) is 0 Å². The average molecular weight is 226 g/mol. The van der Waals surface area contributed by atoms with Crippen LogP contribution in [0.3, 0.4) is 0 Å². The average Bonchev–Trinajstić information content (AvgIpc) is 2.63. The van der Waals surface area contributed by atoms with Crippen molar-refractivity contribution in [3.05, 3.63) is 11.1 Å². The van der Waals surface area contributed by atoms with Gasteiger partial charge in [-0.05, 0) is 25.2 Å². The van der Waals surface area contributed by atoms with Crippen molar-refractivity contribution < 1.29 is 5.11 Å². The lowest BCUT2D eigenvalue weighted by Gasteiger charge is -2.34. The predicted octanol–water partition coefficient (Wildman–Crippen LogP) is 1.91. The second kappa shape index (κ2) is 4.49. The monoisotopic (exact) mass is 226 g/mol. The van der Waals surface area contributed by atoms with E-state index in [0.717, 1.165) is 30.9 Å². The van der Waals surface area contributed by atoms with Crippen LogP contribution in [-0.2, 0) is 6.42 Å². The van der Waals surface area contributed by atoms with Crippen LogP contribution in [0.5, 0.6) is 0 Å². The first-order valence-electron chi connectivity index (χ1n) is 5.52. The van der Waals surface area contributed by atoms with Crippen LogP contribution in [0.25, 0.3) is 0 Å². The number of aliphatic hydroxyl groups excluding tert-OH is 1. The Morgan fingerprint density at radius 2 is 2.33 bits per heavy atom. The summed E-state index contributed by atoms with van der Waals surface area (Å²) in [6, 6.07) is 0. The molecular formula is C11H18N2OS. The molecule has 15 heavy (non-hydrogen) atoms. The van der Waals surface area contributed by atoms with Gasteiger partial charge in [-0.15, -0.1) is 11.3 Å². The number of hydrogen-bond acceptors (Lipinski definition) is 4. The SMILES string of the molecule is CCc1csc(N(C)CC2CC(O)C2)n1. The highest BCUT2D eigenvalue weighted by Crippen LogP contribution is 2.29. The first-order chi connectivity index (χ1) is 7.19. The number of aryl methyl sites for hydroxylation is 1. The number of hydrogen-bond donors (Lipinski definition) is 1. The molecule has 3 nitrogen and oxygen atoms in total. The van der Waals surface area contributed by atoms with E-state index in [1.165, 1.54) is 5.69 Å². The fraction of sp³-hybridized carbons (Fsp3) is 0.727. The van der Waals surface area contributed by atoms with Crippen molar-refractivity contribution in [2.24, 2.45) is 5.92 Å². The Bertz CT molecular complexity index is 320. The predicted molar refractivity (Wildman–Crippen MR) is 63.5 cm³/mol. The van der Waals surface area contributed by atoms with Crippen molar-refractivity contribution >= 4 is 16.5 Å². The molecular weight excluding hydrogens is 208 g/mol. The quantitative estimate of drug-likeness (QED) is 0.852. The van der Waals surface area contributed by atoms with Gasteiger partial charge >= 0.3 is 0 Å². The Balaban J connectivity index is 1.87. The zero-order valence-electron chi connectivity index (χ0n) is 9.31. The van der Waals surface area contributed by atoms with Gasteiger partial charge in [0.1, 0.15) is 0 Å². The lowest BCUT2D eigenvalue weighted by Crippen LogP contribution is -2.37. The summed E-state index contributed by atoms with van der Waals surface area (Å²) in [6.07, 6.45) is 2.87. The second-order valence-electron chi connectivity index (χ2n) is 4.35. The minimum absolute atomic E-state index is 0.0501. The summed E-state index contributed by atoms with van der Waals surface area (Å²) in [6.45, 7) is 3.15. The van der Waals surface area contributed by atoms with Gasteiger partial charge in [-0.1, -0.05) is 6.92 Å². The molecule has 0 spiro atoms. The Kier molecular flexibility index (Phi) is 3.26. The molecule has 0 unspecified atom stereocenters. The zero-order valence-corrected chi connectivity index (χ0v) is 10.1. The van der Waals surface area contributed by atoms with E-state index < -0.39 is 0 Å². The summed E-state index contributed by atoms with van der Waals surface area (Å²) < 4.78 is 0. The Labute approximate surface area is 94.8 Å². The highest BCUT2D eigenvalue weighted by atomic mass is 32.1. The smallest absolute Gasteiger partial charge is 0.185 e. The molecule has 0 aliphatic heterocycles. The molecule has 4 heteroatoms. The zero-order chi connectivity index (χ0) is 10.8. The Hall–Kier alpha value is -0.610. The maximum Gasteiger partial charge on any atom is 0.185 e. The molecule has 1 aromatic rings. The van der Waals surface area contributed by atoms with E-state index in [-0.39, 0.29) is 6.10 Å². The van der Waals surface area contributed by atoms with Crippen LogP contribution < -0.4 is 4.90 Å². The van der Waals surface area contributed by atoms with Gasteiger partial charge in [0, 0.05) is 19.0 Å². The third-order valence-corrected chi connectivity index (χ3v) is 3.97. The third kappa shape index (κ3) is 2.49. The molecule has 1 aromatic heterocycles. The van der Waals surface area contributed by atoms with E-state index in [2.05, 4.69) is 29.2 Å². The summed E-state index contributed by atoms with van der Waals surface area (Å²) in [7, 11) is 2.09. The van der Waals surface area contributed by atoms with E-state index in [4.69, 9.17) is 0 Å². The normalized spacial score (nSPS) is 25.0. The maximum absolute atomic E-state index is 9.21. The molecule has 1 heterocycles. The van der Waals surface area contributed by atoms with Crippen molar-refractivity contribution in [3.8, 4) is 0 Å². The summed E-state index contributed by atoms with van der Waals surface area (Å²) in [5.41, 5.74) is 1.18. The molecule has 1 saturated carbocycles. The van der Waals surface area contributed by atoms with E-state index in [1.54, 1.807) is 11.3 Å². The number of aromatic nitrogens is 1. The van der Waals surface area contributed by atoms with Crippen LogP contribution in [0.1, 0.15) is 25.5 Å². The van der Waals surface area contributed by atoms with Gasteiger partial charge in [0.2, 0.25) is 0 Å². The van der Waals surface area contributed by atoms with Crippen molar-refractivity contribution in [1.29, 1.82) is 0 Å². The topological polar surface area (TPSA) is 36.4 Å². The Morgan fingerprint density at radius 1 is 1.60 bits per heavy atom. The highest BCUT2D eigenvalue weighted by molar-refractivity contribution is 7.13. The molecule has 0 saturated heterocycles. The van der Waals surface area contributed by atoms with Crippen LogP contribution in [0.2, 0.25) is 0 Å². The van der Waals surface area contributed by atoms with Crippen LogP contribution in [-0.4, -0.2) is 29.8 Å². The fourth-order valence-electron chi connectivity index (χ4n) is 1.95. The molecule has 1 aliphatic rings. The molecule has 1 fully saturated rings. The molecule has 1 aliphatic carbocycles. The fourth-order valence-corrected chi connectivity index (χ4v) is 2.83. The highest BCUT2D eigenvalue weighted by Gasteiger charge is 2.28. The standard InChI is InChI=1S/C11H18N2OS/c1-3-9-7-15-11(12-9)13(2)6-8-4-10(14)5-8/h7-8,10,14H,3-6H2,1-2H3. The van der Waals surface area contributed by atoms with E-state index in [0.29, 0.717) is 5.92 Å². The molecule has 0 atom stereocenters. The first-order valence-corrected chi connectivity index (χ1v) is 6.40. The van der Waals surface area contributed by atoms with Crippen LogP contribution in [0.15, 0.2) is 5.38 Å². The summed E-state index contributed by atoms with van der Waals surface area (Å²) in [5, 5.41) is 12.4. The third-order valence-electron chi connectivity index (χ3n) is 2.97. The lowest BCUT2D eigenvalue weighted by molar-refractivity contribution is 0.0465. The van der Waals surface area contributed by atoms with E-state index in [9.17, 15) is 5.11 Å². The molecule has 1 N–H and O–H groups in total. The minimum Gasteiger partial charge on any atom is -0.393 e. The molecule has 0 amide bonds. The number of aliphatic hydroxyl groups is 1. The van der Waals surface area contributed by atoms with Crippen LogP contribution >= 0.6 is 11.3 Å². The van der Waals surface area contributed by atoms with Crippen molar-refractivity contribution in [1.82, 2.24) is 4.98 Å². The molecule has 0 aromatic carbocycles.